The highest BCUT2D eigenvalue weighted by Crippen LogP contribution is 2.20. The SMILES string of the molecule is Cc1ncc(CNCCCC(C)(C)CO)n1-c1ccccc1. The maximum absolute atomic E-state index is 9.26. The van der Waals surface area contributed by atoms with Crippen molar-refractivity contribution >= 4 is 0 Å². The fourth-order valence-electron chi connectivity index (χ4n) is 2.53. The second-order valence-corrected chi connectivity index (χ2v) is 6.57. The van der Waals surface area contributed by atoms with Crippen molar-refractivity contribution in [2.75, 3.05) is 13.2 Å². The number of nitrogens with one attached hydrogen (secondary N) is 1. The average Bonchev–Trinajstić information content (AvgIpc) is 2.88. The van der Waals surface area contributed by atoms with Crippen molar-refractivity contribution in [2.45, 2.75) is 40.2 Å². The monoisotopic (exact) mass is 301 g/mol. The van der Waals surface area contributed by atoms with Crippen molar-refractivity contribution in [1.29, 1.82) is 0 Å². The lowest BCUT2D eigenvalue weighted by atomic mass is 9.89. The first-order valence-corrected chi connectivity index (χ1v) is 7.94. The molecule has 0 saturated heterocycles. The zero-order chi connectivity index (χ0) is 16.0. The van der Waals surface area contributed by atoms with Crippen LogP contribution in [0.15, 0.2) is 36.5 Å². The number of aliphatic hydroxyl groups excluding tert-OH is 1. The topological polar surface area (TPSA) is 50.1 Å². The van der Waals surface area contributed by atoms with E-state index in [1.807, 2.05) is 31.3 Å². The summed E-state index contributed by atoms with van der Waals surface area (Å²) in [5.41, 5.74) is 2.34. The van der Waals surface area contributed by atoms with Crippen LogP contribution in [0.1, 0.15) is 38.2 Å². The van der Waals surface area contributed by atoms with Gasteiger partial charge < -0.3 is 10.4 Å². The van der Waals surface area contributed by atoms with Gasteiger partial charge in [-0.15, -0.1) is 0 Å². The third-order valence-electron chi connectivity index (χ3n) is 3.97. The predicted octanol–water partition coefficient (Wildman–Crippen LogP) is 3.07. The third-order valence-corrected chi connectivity index (χ3v) is 3.97. The van der Waals surface area contributed by atoms with Crippen molar-refractivity contribution in [3.63, 3.8) is 0 Å². The van der Waals surface area contributed by atoms with E-state index < -0.39 is 0 Å². The summed E-state index contributed by atoms with van der Waals surface area (Å²) in [5.74, 6) is 1.00. The van der Waals surface area contributed by atoms with Gasteiger partial charge in [-0.05, 0) is 43.9 Å². The van der Waals surface area contributed by atoms with E-state index in [2.05, 4.69) is 40.8 Å². The van der Waals surface area contributed by atoms with Crippen LogP contribution in [0.4, 0.5) is 0 Å². The van der Waals surface area contributed by atoms with Gasteiger partial charge in [0.05, 0.1) is 11.9 Å². The van der Waals surface area contributed by atoms with Crippen LogP contribution < -0.4 is 5.32 Å². The second kappa shape index (κ2) is 7.56. The molecule has 22 heavy (non-hydrogen) atoms. The number of imidazole rings is 1. The summed E-state index contributed by atoms with van der Waals surface area (Å²) in [4.78, 5) is 4.43. The molecule has 2 N–H and O–H groups in total. The molecule has 0 aliphatic rings. The number of benzene rings is 1. The molecule has 2 aromatic rings. The predicted molar refractivity (Wildman–Crippen MR) is 90.1 cm³/mol. The number of hydrogen-bond donors (Lipinski definition) is 2. The smallest absolute Gasteiger partial charge is 0.110 e. The fraction of sp³-hybridized carbons (Fsp3) is 0.500. The first-order chi connectivity index (χ1) is 10.5. The van der Waals surface area contributed by atoms with Crippen molar-refractivity contribution in [3.05, 3.63) is 48.0 Å². The summed E-state index contributed by atoms with van der Waals surface area (Å²) in [6.45, 7) is 8.21. The molecule has 2 rings (SSSR count). The van der Waals surface area contributed by atoms with Crippen molar-refractivity contribution in [2.24, 2.45) is 5.41 Å². The van der Waals surface area contributed by atoms with E-state index in [0.717, 1.165) is 37.4 Å². The largest absolute Gasteiger partial charge is 0.396 e. The van der Waals surface area contributed by atoms with Gasteiger partial charge in [0, 0.05) is 18.8 Å². The molecule has 0 radical (unpaired) electrons. The van der Waals surface area contributed by atoms with Crippen molar-refractivity contribution < 1.29 is 5.11 Å². The van der Waals surface area contributed by atoms with Gasteiger partial charge >= 0.3 is 0 Å². The molecule has 0 spiro atoms. The molecule has 0 aliphatic heterocycles. The molecule has 0 atom stereocenters. The maximum Gasteiger partial charge on any atom is 0.110 e. The fourth-order valence-corrected chi connectivity index (χ4v) is 2.53. The summed E-state index contributed by atoms with van der Waals surface area (Å²) in [6, 6.07) is 10.3. The van der Waals surface area contributed by atoms with E-state index in [9.17, 15) is 5.11 Å². The Kier molecular flexibility index (Phi) is 5.75. The van der Waals surface area contributed by atoms with Crippen LogP contribution in [0.5, 0.6) is 0 Å². The van der Waals surface area contributed by atoms with E-state index in [4.69, 9.17) is 0 Å². The van der Waals surface area contributed by atoms with Crippen LogP contribution in [0.2, 0.25) is 0 Å². The number of aryl methyl sites for hydroxylation is 1. The summed E-state index contributed by atoms with van der Waals surface area (Å²) >= 11 is 0. The van der Waals surface area contributed by atoms with Gasteiger partial charge in [-0.1, -0.05) is 32.0 Å². The molecule has 4 heteroatoms. The number of nitrogens with zero attached hydrogens (tertiary/aromatic N) is 2. The van der Waals surface area contributed by atoms with Crippen molar-refractivity contribution in [1.82, 2.24) is 14.9 Å². The molecule has 0 bridgehead atoms. The lowest BCUT2D eigenvalue weighted by molar-refractivity contribution is 0.148. The molecule has 0 aliphatic carbocycles. The molecule has 0 unspecified atom stereocenters. The first kappa shape index (κ1) is 16.7. The van der Waals surface area contributed by atoms with E-state index in [0.29, 0.717) is 0 Å². The summed E-state index contributed by atoms with van der Waals surface area (Å²) < 4.78 is 2.19. The van der Waals surface area contributed by atoms with Crippen LogP contribution in [-0.4, -0.2) is 27.8 Å². The molecular formula is C18H27N3O. The summed E-state index contributed by atoms with van der Waals surface area (Å²) in [7, 11) is 0. The summed E-state index contributed by atoms with van der Waals surface area (Å²) in [6.07, 6.45) is 4.02. The van der Waals surface area contributed by atoms with E-state index >= 15 is 0 Å². The van der Waals surface area contributed by atoms with Gasteiger partial charge in [-0.25, -0.2) is 4.98 Å². The molecule has 4 nitrogen and oxygen atoms in total. The standard InChI is InChI=1S/C18H27N3O/c1-15-20-13-17(21(15)16-8-5-4-6-9-16)12-19-11-7-10-18(2,3)14-22/h4-6,8-9,13,19,22H,7,10-12,14H2,1-3H3. The lowest BCUT2D eigenvalue weighted by Crippen LogP contribution is -2.21. The van der Waals surface area contributed by atoms with Gasteiger partial charge in [-0.2, -0.15) is 0 Å². The van der Waals surface area contributed by atoms with E-state index in [-0.39, 0.29) is 12.0 Å². The van der Waals surface area contributed by atoms with Crippen LogP contribution in [0.25, 0.3) is 5.69 Å². The Morgan fingerprint density at radius 1 is 1.23 bits per heavy atom. The van der Waals surface area contributed by atoms with Crippen LogP contribution in [-0.2, 0) is 6.54 Å². The minimum Gasteiger partial charge on any atom is -0.396 e. The Balaban J connectivity index is 1.90. The maximum atomic E-state index is 9.26. The zero-order valence-corrected chi connectivity index (χ0v) is 13.8. The Bertz CT molecular complexity index is 575. The highest BCUT2D eigenvalue weighted by atomic mass is 16.3. The first-order valence-electron chi connectivity index (χ1n) is 7.94. The zero-order valence-electron chi connectivity index (χ0n) is 13.8. The van der Waals surface area contributed by atoms with Gasteiger partial charge in [0.2, 0.25) is 0 Å². The van der Waals surface area contributed by atoms with E-state index in [1.54, 1.807) is 0 Å². The summed E-state index contributed by atoms with van der Waals surface area (Å²) in [5, 5.41) is 12.7. The van der Waals surface area contributed by atoms with Crippen LogP contribution in [0.3, 0.4) is 0 Å². The van der Waals surface area contributed by atoms with Crippen molar-refractivity contribution in [3.8, 4) is 5.69 Å². The number of hydrogen-bond acceptors (Lipinski definition) is 3. The number of aliphatic hydroxyl groups is 1. The highest BCUT2D eigenvalue weighted by Gasteiger charge is 2.15. The Morgan fingerprint density at radius 2 is 1.95 bits per heavy atom. The lowest BCUT2D eigenvalue weighted by Gasteiger charge is -2.21. The molecule has 0 saturated carbocycles. The quantitative estimate of drug-likeness (QED) is 0.737. The molecule has 0 amide bonds. The Hall–Kier alpha value is -1.65. The minimum absolute atomic E-state index is 0.0179. The molecule has 1 heterocycles. The van der Waals surface area contributed by atoms with E-state index in [1.165, 1.54) is 5.69 Å². The third kappa shape index (κ3) is 4.42. The Labute approximate surface area is 133 Å². The normalized spacial score (nSPS) is 11.8. The average molecular weight is 301 g/mol. The number of aromatic nitrogens is 2. The molecule has 1 aromatic heterocycles. The van der Waals surface area contributed by atoms with Gasteiger partial charge in [-0.3, -0.25) is 4.57 Å². The minimum atomic E-state index is 0.0179. The number of rotatable bonds is 8. The Morgan fingerprint density at radius 3 is 2.64 bits per heavy atom. The molecule has 1 aromatic carbocycles. The molecule has 120 valence electrons. The van der Waals surface area contributed by atoms with Crippen LogP contribution >= 0.6 is 0 Å². The molecule has 0 fully saturated rings. The highest BCUT2D eigenvalue weighted by molar-refractivity contribution is 5.35. The van der Waals surface area contributed by atoms with Crippen LogP contribution in [0, 0.1) is 12.3 Å². The molecular weight excluding hydrogens is 274 g/mol. The van der Waals surface area contributed by atoms with Gasteiger partial charge in [0.1, 0.15) is 5.82 Å². The number of para-hydroxylation sites is 1. The van der Waals surface area contributed by atoms with Gasteiger partial charge in [0.15, 0.2) is 0 Å². The second-order valence-electron chi connectivity index (χ2n) is 6.57. The van der Waals surface area contributed by atoms with Gasteiger partial charge in [0.25, 0.3) is 0 Å².